The molecule has 8 nitrogen and oxygen atoms in total. The third-order valence-corrected chi connectivity index (χ3v) is 6.47. The molecule has 198 valence electrons. The minimum absolute atomic E-state index is 0.105. The topological polar surface area (TPSA) is 151 Å². The van der Waals surface area contributed by atoms with Crippen LogP contribution in [0, 0.1) is 11.8 Å². The first-order chi connectivity index (χ1) is 17.0. The highest BCUT2D eigenvalue weighted by atomic mass is 16.3. The van der Waals surface area contributed by atoms with Gasteiger partial charge in [-0.2, -0.15) is 0 Å². The van der Waals surface area contributed by atoms with Crippen LogP contribution in [0.4, 0.5) is 0 Å². The number of aliphatic hydroxyl groups is 2. The maximum absolute atomic E-state index is 12.8. The van der Waals surface area contributed by atoms with Crippen LogP contribution in [0.3, 0.4) is 0 Å². The van der Waals surface area contributed by atoms with Crippen molar-refractivity contribution in [2.45, 2.75) is 76.9 Å². The van der Waals surface area contributed by atoms with Gasteiger partial charge in [-0.3, -0.25) is 9.59 Å². The Kier molecular flexibility index (Phi) is 11.5. The lowest BCUT2D eigenvalue weighted by Gasteiger charge is -2.34. The van der Waals surface area contributed by atoms with Crippen molar-refractivity contribution in [3.8, 4) is 0 Å². The van der Waals surface area contributed by atoms with E-state index in [2.05, 4.69) is 10.6 Å². The molecular formula is C28H42N4O4. The Labute approximate surface area is 214 Å². The Morgan fingerprint density at radius 3 is 1.25 bits per heavy atom. The van der Waals surface area contributed by atoms with Crippen molar-refractivity contribution in [2.75, 3.05) is 0 Å². The lowest BCUT2D eigenvalue weighted by atomic mass is 9.90. The van der Waals surface area contributed by atoms with Crippen molar-refractivity contribution < 1.29 is 19.8 Å². The van der Waals surface area contributed by atoms with E-state index in [4.69, 9.17) is 11.5 Å². The Balaban J connectivity index is 2.32. The molecule has 0 saturated carbocycles. The Hall–Kier alpha value is -2.78. The molecule has 0 aliphatic carbocycles. The predicted molar refractivity (Wildman–Crippen MR) is 142 cm³/mol. The van der Waals surface area contributed by atoms with Crippen LogP contribution in [0.2, 0.25) is 0 Å². The van der Waals surface area contributed by atoms with Crippen LogP contribution >= 0.6 is 0 Å². The van der Waals surface area contributed by atoms with E-state index in [1.807, 2.05) is 88.4 Å². The number of rotatable bonds is 13. The molecule has 0 unspecified atom stereocenters. The van der Waals surface area contributed by atoms with Gasteiger partial charge in [0.1, 0.15) is 12.2 Å². The summed E-state index contributed by atoms with van der Waals surface area (Å²) in [4.78, 5) is 25.6. The number of amides is 2. The zero-order chi connectivity index (χ0) is 26.8. The Morgan fingerprint density at radius 2 is 0.972 bits per heavy atom. The standard InChI is InChI=1S/C28H42N4O4/c1-17(2)23(29)27(35)31-21(15-19-11-7-5-8-12-19)25(33)26(34)22(16-20-13-9-6-10-14-20)32-28(36)24(30)18(3)4/h5-14,17-18,21-26,33-34H,15-16,29-30H2,1-4H3,(H,31,35)(H,32,36)/t21-,22-,23-,24-,25+,26+/m0/s1. The van der Waals surface area contributed by atoms with Crippen molar-refractivity contribution >= 4 is 11.8 Å². The van der Waals surface area contributed by atoms with Crippen molar-refractivity contribution in [3.63, 3.8) is 0 Å². The van der Waals surface area contributed by atoms with Crippen LogP contribution < -0.4 is 22.1 Å². The maximum Gasteiger partial charge on any atom is 0.237 e. The van der Waals surface area contributed by atoms with Gasteiger partial charge in [-0.15, -0.1) is 0 Å². The van der Waals surface area contributed by atoms with Gasteiger partial charge in [-0.1, -0.05) is 88.4 Å². The summed E-state index contributed by atoms with van der Waals surface area (Å²) < 4.78 is 0. The zero-order valence-electron chi connectivity index (χ0n) is 21.7. The maximum atomic E-state index is 12.8. The van der Waals surface area contributed by atoms with Crippen LogP contribution in [0.1, 0.15) is 38.8 Å². The summed E-state index contributed by atoms with van der Waals surface area (Å²) in [5.41, 5.74) is 13.8. The predicted octanol–water partition coefficient (Wildman–Crippen LogP) is 1.13. The molecule has 6 atom stereocenters. The van der Waals surface area contributed by atoms with Crippen molar-refractivity contribution in [2.24, 2.45) is 23.3 Å². The molecule has 0 aliphatic heterocycles. The van der Waals surface area contributed by atoms with E-state index in [0.717, 1.165) is 11.1 Å². The smallest absolute Gasteiger partial charge is 0.237 e. The molecular weight excluding hydrogens is 456 g/mol. The molecule has 2 aromatic rings. The summed E-state index contributed by atoms with van der Waals surface area (Å²) in [5, 5.41) is 28.3. The first-order valence-electron chi connectivity index (χ1n) is 12.6. The third kappa shape index (κ3) is 8.71. The van der Waals surface area contributed by atoms with Gasteiger partial charge in [0, 0.05) is 0 Å². The number of nitrogens with one attached hydrogen (secondary N) is 2. The molecule has 0 aromatic heterocycles. The van der Waals surface area contributed by atoms with Gasteiger partial charge in [-0.25, -0.2) is 0 Å². The number of hydrogen-bond acceptors (Lipinski definition) is 6. The SMILES string of the molecule is CC(C)[C@H](N)C(=O)N[C@@H](Cc1ccccc1)[C@@H](O)[C@H](O)[C@H](Cc1ccccc1)NC(=O)[C@@H](N)C(C)C. The minimum atomic E-state index is -1.39. The molecule has 2 amide bonds. The molecule has 8 N–H and O–H groups in total. The lowest BCUT2D eigenvalue weighted by molar-refractivity contribution is -0.128. The lowest BCUT2D eigenvalue weighted by Crippen LogP contribution is -2.60. The molecule has 0 bridgehead atoms. The van der Waals surface area contributed by atoms with Crippen LogP contribution in [0.5, 0.6) is 0 Å². The highest BCUT2D eigenvalue weighted by Crippen LogP contribution is 2.16. The van der Waals surface area contributed by atoms with E-state index in [1.54, 1.807) is 0 Å². The second kappa shape index (κ2) is 14.1. The first kappa shape index (κ1) is 29.5. The number of aliphatic hydroxyl groups excluding tert-OH is 2. The number of benzene rings is 2. The van der Waals surface area contributed by atoms with E-state index in [0.29, 0.717) is 0 Å². The molecule has 2 rings (SSSR count). The molecule has 0 saturated heterocycles. The number of carbonyl (C=O) groups is 2. The van der Waals surface area contributed by atoms with Crippen molar-refractivity contribution in [1.29, 1.82) is 0 Å². The number of hydrogen-bond donors (Lipinski definition) is 6. The van der Waals surface area contributed by atoms with Crippen LogP contribution in [-0.2, 0) is 22.4 Å². The summed E-state index contributed by atoms with van der Waals surface area (Å²) in [6.07, 6.45) is -2.24. The molecule has 0 fully saturated rings. The number of nitrogens with two attached hydrogens (primary N) is 2. The van der Waals surface area contributed by atoms with Gasteiger partial charge < -0.3 is 32.3 Å². The van der Waals surface area contributed by atoms with E-state index < -0.39 is 48.2 Å². The van der Waals surface area contributed by atoms with Crippen LogP contribution in [-0.4, -0.2) is 58.4 Å². The summed E-state index contributed by atoms with van der Waals surface area (Å²) in [5.74, 6) is -1.04. The van der Waals surface area contributed by atoms with Crippen LogP contribution in [0.25, 0.3) is 0 Å². The van der Waals surface area contributed by atoms with Gasteiger partial charge >= 0.3 is 0 Å². The van der Waals surface area contributed by atoms with Crippen molar-refractivity contribution in [3.05, 3.63) is 71.8 Å². The van der Waals surface area contributed by atoms with Crippen molar-refractivity contribution in [1.82, 2.24) is 10.6 Å². The fourth-order valence-electron chi connectivity index (χ4n) is 3.89. The van der Waals surface area contributed by atoms with E-state index in [9.17, 15) is 19.8 Å². The van der Waals surface area contributed by atoms with Gasteiger partial charge in [0.25, 0.3) is 0 Å². The molecule has 36 heavy (non-hydrogen) atoms. The fraction of sp³-hybridized carbons (Fsp3) is 0.500. The highest BCUT2D eigenvalue weighted by Gasteiger charge is 2.36. The third-order valence-electron chi connectivity index (χ3n) is 6.47. The first-order valence-corrected chi connectivity index (χ1v) is 12.6. The molecule has 2 aromatic carbocycles. The zero-order valence-corrected chi connectivity index (χ0v) is 21.7. The summed E-state index contributed by atoms with van der Waals surface area (Å²) in [7, 11) is 0. The average molecular weight is 499 g/mol. The number of carbonyl (C=O) groups excluding carboxylic acids is 2. The largest absolute Gasteiger partial charge is 0.388 e. The second-order valence-electron chi connectivity index (χ2n) is 10.1. The molecule has 8 heteroatoms. The molecule has 0 heterocycles. The molecule has 0 radical (unpaired) electrons. The quantitative estimate of drug-likeness (QED) is 0.244. The average Bonchev–Trinajstić information content (AvgIpc) is 2.86. The summed E-state index contributed by atoms with van der Waals surface area (Å²) in [6.45, 7) is 7.35. The highest BCUT2D eigenvalue weighted by molar-refractivity contribution is 5.82. The second-order valence-corrected chi connectivity index (χ2v) is 10.1. The fourth-order valence-corrected chi connectivity index (χ4v) is 3.89. The summed E-state index contributed by atoms with van der Waals surface area (Å²) in [6, 6.07) is 15.5. The Morgan fingerprint density at radius 1 is 0.667 bits per heavy atom. The molecule has 0 aliphatic rings. The van der Waals surface area contributed by atoms with Gasteiger partial charge in [0.2, 0.25) is 11.8 Å². The molecule has 0 spiro atoms. The Bertz CT molecular complexity index is 862. The van der Waals surface area contributed by atoms with E-state index >= 15 is 0 Å². The monoisotopic (exact) mass is 498 g/mol. The minimum Gasteiger partial charge on any atom is -0.388 e. The normalized spacial score (nSPS) is 16.6. The van der Waals surface area contributed by atoms with Gasteiger partial charge in [0.15, 0.2) is 0 Å². The van der Waals surface area contributed by atoms with E-state index in [-0.39, 0.29) is 24.7 Å². The van der Waals surface area contributed by atoms with E-state index in [1.165, 1.54) is 0 Å². The van der Waals surface area contributed by atoms with Gasteiger partial charge in [0.05, 0.1) is 24.2 Å². The summed E-state index contributed by atoms with van der Waals surface area (Å²) >= 11 is 0. The van der Waals surface area contributed by atoms with Gasteiger partial charge in [-0.05, 0) is 35.8 Å². The van der Waals surface area contributed by atoms with Crippen LogP contribution in [0.15, 0.2) is 60.7 Å².